The van der Waals surface area contributed by atoms with Gasteiger partial charge < -0.3 is 16.4 Å². The molecule has 0 radical (unpaired) electrons. The second-order valence-corrected chi connectivity index (χ2v) is 4.35. The molecule has 2 fully saturated rings. The Hall–Kier alpha value is -1.67. The van der Waals surface area contributed by atoms with Crippen LogP contribution < -0.4 is 16.4 Å². The van der Waals surface area contributed by atoms with E-state index in [-0.39, 0.29) is 25.1 Å². The van der Waals surface area contributed by atoms with Crippen LogP contribution in [0.4, 0.5) is 0 Å². The molecule has 2 saturated heterocycles. The minimum absolute atomic E-state index is 0.0323. The van der Waals surface area contributed by atoms with Crippen molar-refractivity contribution in [3.05, 3.63) is 0 Å². The number of carbonyl (C=O) groups excluding carboxylic acids is 3. The van der Waals surface area contributed by atoms with Gasteiger partial charge in [0, 0.05) is 0 Å². The molecule has 0 aromatic carbocycles. The minimum atomic E-state index is -0.737. The van der Waals surface area contributed by atoms with E-state index in [1.165, 1.54) is 0 Å². The van der Waals surface area contributed by atoms with Gasteiger partial charge in [-0.1, -0.05) is 0 Å². The molecule has 1 unspecified atom stereocenters. The topological polar surface area (TPSA) is 114 Å². The summed E-state index contributed by atoms with van der Waals surface area (Å²) >= 11 is 0. The Morgan fingerprint density at radius 1 is 1.56 bits per heavy atom. The van der Waals surface area contributed by atoms with E-state index in [0.29, 0.717) is 0 Å². The van der Waals surface area contributed by atoms with Crippen molar-refractivity contribution in [1.82, 2.24) is 15.7 Å². The van der Waals surface area contributed by atoms with Crippen LogP contribution in [-0.2, 0) is 19.2 Å². The summed E-state index contributed by atoms with van der Waals surface area (Å²) < 4.78 is 0. The van der Waals surface area contributed by atoms with Crippen LogP contribution in [0.15, 0.2) is 0 Å². The van der Waals surface area contributed by atoms with Gasteiger partial charge in [-0.05, 0) is 19.4 Å². The number of hydroxylamine groups is 2. The van der Waals surface area contributed by atoms with Gasteiger partial charge in [-0.2, -0.15) is 0 Å². The third-order valence-corrected chi connectivity index (χ3v) is 2.93. The zero-order chi connectivity index (χ0) is 13.1. The lowest BCUT2D eigenvalue weighted by molar-refractivity contribution is -0.165. The van der Waals surface area contributed by atoms with E-state index in [4.69, 9.17) is 10.6 Å². The third kappa shape index (κ3) is 2.77. The molecular weight excluding hydrogens is 240 g/mol. The zero-order valence-corrected chi connectivity index (χ0v) is 9.85. The van der Waals surface area contributed by atoms with Crippen molar-refractivity contribution in [3.63, 3.8) is 0 Å². The zero-order valence-electron chi connectivity index (χ0n) is 9.85. The fourth-order valence-electron chi connectivity index (χ4n) is 2.02. The number of nitrogens with two attached hydrogens (primary N) is 1. The van der Waals surface area contributed by atoms with Crippen molar-refractivity contribution in [2.24, 2.45) is 5.73 Å². The number of nitrogens with one attached hydrogen (secondary N) is 2. The smallest absolute Gasteiger partial charge is 0.271 e. The number of hydrogen-bond donors (Lipinski definition) is 3. The first-order valence-corrected chi connectivity index (χ1v) is 5.84. The van der Waals surface area contributed by atoms with Gasteiger partial charge in [0.25, 0.3) is 5.91 Å². The van der Waals surface area contributed by atoms with Gasteiger partial charge in [0.2, 0.25) is 11.8 Å². The Kier molecular flexibility index (Phi) is 3.78. The molecule has 2 aliphatic heterocycles. The molecule has 0 spiro atoms. The van der Waals surface area contributed by atoms with E-state index in [0.717, 1.165) is 24.4 Å². The second kappa shape index (κ2) is 5.32. The first-order valence-electron chi connectivity index (χ1n) is 5.84. The summed E-state index contributed by atoms with van der Waals surface area (Å²) in [6.45, 7) is 0.540. The number of carbonyl (C=O) groups is 3. The van der Waals surface area contributed by atoms with Crippen molar-refractivity contribution in [2.75, 3.05) is 19.7 Å². The Morgan fingerprint density at radius 3 is 2.94 bits per heavy atom. The quantitative estimate of drug-likeness (QED) is 0.514. The highest BCUT2D eigenvalue weighted by Gasteiger charge is 2.36. The van der Waals surface area contributed by atoms with Crippen LogP contribution in [0.25, 0.3) is 0 Å². The van der Waals surface area contributed by atoms with E-state index in [9.17, 15) is 14.4 Å². The summed E-state index contributed by atoms with van der Waals surface area (Å²) in [6, 6.07) is -0.984. The SMILES string of the molecule is NC(=O)CN1OC[C@H](NC(=O)C2CCCN2)C1=O. The molecule has 2 aliphatic rings. The molecule has 0 aromatic heterocycles. The van der Waals surface area contributed by atoms with E-state index >= 15 is 0 Å². The molecule has 0 bridgehead atoms. The number of nitrogens with zero attached hydrogens (tertiary/aromatic N) is 1. The number of hydrogen-bond acceptors (Lipinski definition) is 5. The van der Waals surface area contributed by atoms with Gasteiger partial charge in [0.05, 0.1) is 6.04 Å². The van der Waals surface area contributed by atoms with Gasteiger partial charge in [-0.25, -0.2) is 5.06 Å². The maximum atomic E-state index is 11.8. The summed E-state index contributed by atoms with van der Waals surface area (Å²) in [4.78, 5) is 39.2. The average molecular weight is 256 g/mol. The molecule has 2 rings (SSSR count). The molecule has 18 heavy (non-hydrogen) atoms. The Labute approximate surface area is 104 Å². The minimum Gasteiger partial charge on any atom is -0.368 e. The number of amides is 3. The molecule has 3 amide bonds. The van der Waals surface area contributed by atoms with Gasteiger partial charge in [0.1, 0.15) is 19.2 Å². The monoisotopic (exact) mass is 256 g/mol. The predicted molar refractivity (Wildman–Crippen MR) is 59.8 cm³/mol. The van der Waals surface area contributed by atoms with Crippen molar-refractivity contribution in [2.45, 2.75) is 24.9 Å². The van der Waals surface area contributed by atoms with E-state index < -0.39 is 17.9 Å². The molecule has 0 aromatic rings. The maximum absolute atomic E-state index is 11.8. The summed E-state index contributed by atoms with van der Waals surface area (Å²) in [5, 5.41) is 6.53. The highest BCUT2D eigenvalue weighted by Crippen LogP contribution is 2.09. The highest BCUT2D eigenvalue weighted by molar-refractivity contribution is 5.92. The average Bonchev–Trinajstić information content (AvgIpc) is 2.93. The van der Waals surface area contributed by atoms with Crippen LogP contribution in [0.2, 0.25) is 0 Å². The third-order valence-electron chi connectivity index (χ3n) is 2.93. The van der Waals surface area contributed by atoms with Crippen LogP contribution in [0, 0.1) is 0 Å². The van der Waals surface area contributed by atoms with E-state index in [1.807, 2.05) is 0 Å². The first kappa shape index (κ1) is 12.8. The molecule has 4 N–H and O–H groups in total. The molecule has 2 atom stereocenters. The molecule has 100 valence electrons. The van der Waals surface area contributed by atoms with Crippen LogP contribution in [0.1, 0.15) is 12.8 Å². The molecule has 2 heterocycles. The maximum Gasteiger partial charge on any atom is 0.271 e. The molecule has 8 heteroatoms. The molecular formula is C10H16N4O4. The Balaban J connectivity index is 1.85. The predicted octanol–water partition coefficient (Wildman–Crippen LogP) is -2.52. The van der Waals surface area contributed by atoms with Crippen molar-refractivity contribution < 1.29 is 19.2 Å². The first-order chi connectivity index (χ1) is 8.58. The van der Waals surface area contributed by atoms with Crippen LogP contribution in [0.5, 0.6) is 0 Å². The van der Waals surface area contributed by atoms with Crippen LogP contribution >= 0.6 is 0 Å². The summed E-state index contributed by atoms with van der Waals surface area (Å²) in [5.41, 5.74) is 4.97. The van der Waals surface area contributed by atoms with Gasteiger partial charge in [-0.3, -0.25) is 19.2 Å². The van der Waals surface area contributed by atoms with E-state index in [1.54, 1.807) is 0 Å². The fraction of sp³-hybridized carbons (Fsp3) is 0.700. The largest absolute Gasteiger partial charge is 0.368 e. The Morgan fingerprint density at radius 2 is 2.33 bits per heavy atom. The van der Waals surface area contributed by atoms with Crippen molar-refractivity contribution in [3.8, 4) is 0 Å². The standard InChI is InChI=1S/C10H16N4O4/c11-8(15)4-14-10(17)7(5-18-14)13-9(16)6-2-1-3-12-6/h6-7,12H,1-5H2,(H2,11,15)(H,13,16)/t6?,7-/m0/s1. The number of rotatable bonds is 4. The number of primary amides is 1. The molecule has 8 nitrogen and oxygen atoms in total. The van der Waals surface area contributed by atoms with Gasteiger partial charge in [-0.15, -0.1) is 0 Å². The highest BCUT2D eigenvalue weighted by atomic mass is 16.7. The van der Waals surface area contributed by atoms with E-state index in [2.05, 4.69) is 10.6 Å². The lowest BCUT2D eigenvalue weighted by Gasteiger charge is -2.14. The summed E-state index contributed by atoms with van der Waals surface area (Å²) in [6.07, 6.45) is 1.71. The van der Waals surface area contributed by atoms with Crippen molar-refractivity contribution in [1.29, 1.82) is 0 Å². The second-order valence-electron chi connectivity index (χ2n) is 4.35. The summed E-state index contributed by atoms with van der Waals surface area (Å²) in [7, 11) is 0. The van der Waals surface area contributed by atoms with Gasteiger partial charge >= 0.3 is 0 Å². The molecule has 0 aliphatic carbocycles. The Bertz CT molecular complexity index is 367. The lowest BCUT2D eigenvalue weighted by Crippen LogP contribution is -2.49. The van der Waals surface area contributed by atoms with Crippen LogP contribution in [-0.4, -0.2) is 54.6 Å². The van der Waals surface area contributed by atoms with Gasteiger partial charge in [0.15, 0.2) is 0 Å². The fourth-order valence-corrected chi connectivity index (χ4v) is 2.02. The lowest BCUT2D eigenvalue weighted by atomic mass is 10.2. The summed E-state index contributed by atoms with van der Waals surface area (Å²) in [5.74, 6) is -1.32. The van der Waals surface area contributed by atoms with Crippen LogP contribution in [0.3, 0.4) is 0 Å². The molecule has 0 saturated carbocycles. The van der Waals surface area contributed by atoms with Crippen molar-refractivity contribution >= 4 is 17.7 Å². The normalized spacial score (nSPS) is 27.6.